The van der Waals surface area contributed by atoms with Crippen LogP contribution in [0, 0.1) is 5.92 Å². The quantitative estimate of drug-likeness (QED) is 0.563. The molecule has 0 bridgehead atoms. The molecule has 192 valence electrons. The molecule has 0 spiro atoms. The molecule has 3 saturated heterocycles. The van der Waals surface area contributed by atoms with Gasteiger partial charge in [0, 0.05) is 63.5 Å². The van der Waals surface area contributed by atoms with Crippen molar-refractivity contribution >= 4 is 16.7 Å². The lowest BCUT2D eigenvalue weighted by Crippen LogP contribution is -2.56. The Kier molecular flexibility index (Phi) is 6.79. The molecule has 2 atom stereocenters. The maximum atomic E-state index is 6.50. The first-order chi connectivity index (χ1) is 17.7. The second kappa shape index (κ2) is 10.3. The van der Waals surface area contributed by atoms with E-state index in [9.17, 15) is 0 Å². The maximum absolute atomic E-state index is 6.50. The number of ether oxygens (including phenoxy) is 3. The number of nitrogens with one attached hydrogen (secondary N) is 1. The summed E-state index contributed by atoms with van der Waals surface area (Å²) < 4.78 is 19.4. The summed E-state index contributed by atoms with van der Waals surface area (Å²) in [6.07, 6.45) is 2.80. The summed E-state index contributed by atoms with van der Waals surface area (Å²) in [6.45, 7) is 10.4. The number of fused-ring (bicyclic) bond motifs is 1. The summed E-state index contributed by atoms with van der Waals surface area (Å²) in [7, 11) is 1.99. The van der Waals surface area contributed by atoms with E-state index in [1.165, 1.54) is 5.69 Å². The fourth-order valence-corrected chi connectivity index (χ4v) is 5.39. The Labute approximate surface area is 212 Å². The van der Waals surface area contributed by atoms with Crippen LogP contribution >= 0.6 is 0 Å². The number of benzene rings is 1. The minimum atomic E-state index is 0.00703. The van der Waals surface area contributed by atoms with Gasteiger partial charge in [0.15, 0.2) is 0 Å². The highest BCUT2D eigenvalue weighted by molar-refractivity contribution is 5.84. The zero-order valence-corrected chi connectivity index (χ0v) is 21.2. The number of pyridine rings is 1. The average Bonchev–Trinajstić information content (AvgIpc) is 3.06. The number of nitrogens with zero attached hydrogens (tertiary/aromatic N) is 5. The van der Waals surface area contributed by atoms with Crippen molar-refractivity contribution in [1.29, 1.82) is 0 Å². The topological polar surface area (TPSA) is 76.9 Å². The number of aromatic nitrogens is 3. The van der Waals surface area contributed by atoms with E-state index in [1.54, 1.807) is 0 Å². The van der Waals surface area contributed by atoms with E-state index in [4.69, 9.17) is 19.2 Å². The first kappa shape index (κ1) is 23.7. The normalized spacial score (nSPS) is 22.8. The van der Waals surface area contributed by atoms with Crippen LogP contribution in [-0.4, -0.2) is 90.9 Å². The summed E-state index contributed by atoms with van der Waals surface area (Å²) in [6, 6.07) is 11.4. The zero-order valence-electron chi connectivity index (χ0n) is 21.2. The summed E-state index contributed by atoms with van der Waals surface area (Å²) in [5, 5.41) is 3.34. The Morgan fingerprint density at radius 3 is 2.64 bits per heavy atom. The van der Waals surface area contributed by atoms with E-state index in [1.807, 2.05) is 17.9 Å². The minimum absolute atomic E-state index is 0.00703. The van der Waals surface area contributed by atoms with Gasteiger partial charge in [-0.1, -0.05) is 12.1 Å². The van der Waals surface area contributed by atoms with E-state index in [0.29, 0.717) is 24.6 Å². The molecule has 36 heavy (non-hydrogen) atoms. The highest BCUT2D eigenvalue weighted by atomic mass is 16.5. The third-order valence-electron chi connectivity index (χ3n) is 7.85. The fourth-order valence-electron chi connectivity index (χ4n) is 5.39. The first-order valence-electron chi connectivity index (χ1n) is 13.1. The number of rotatable bonds is 6. The van der Waals surface area contributed by atoms with Gasteiger partial charge in [-0.25, -0.2) is 9.97 Å². The predicted octanol–water partition coefficient (Wildman–Crippen LogP) is 2.51. The highest BCUT2D eigenvalue weighted by Gasteiger charge is 2.29. The smallest absolute Gasteiger partial charge is 0.241 e. The second-order valence-corrected chi connectivity index (χ2v) is 10.2. The predicted molar refractivity (Wildman–Crippen MR) is 139 cm³/mol. The van der Waals surface area contributed by atoms with E-state index >= 15 is 0 Å². The molecule has 3 aliphatic heterocycles. The average molecular weight is 493 g/mol. The largest absolute Gasteiger partial charge is 0.473 e. The van der Waals surface area contributed by atoms with Crippen LogP contribution < -0.4 is 15.0 Å². The molecule has 9 heteroatoms. The van der Waals surface area contributed by atoms with Crippen LogP contribution in [0.15, 0.2) is 36.7 Å². The molecule has 3 aliphatic rings. The summed E-state index contributed by atoms with van der Waals surface area (Å²) in [5.41, 5.74) is 5.03. The lowest BCUT2D eigenvalue weighted by molar-refractivity contribution is -0.0660. The number of hydrogen-bond acceptors (Lipinski definition) is 8. The molecule has 3 fully saturated rings. The third kappa shape index (κ3) is 4.80. The Balaban J connectivity index is 1.20. The van der Waals surface area contributed by atoms with Gasteiger partial charge in [-0.2, -0.15) is 0 Å². The molecular weight excluding hydrogens is 456 g/mol. The van der Waals surface area contributed by atoms with Crippen molar-refractivity contribution in [2.24, 2.45) is 13.0 Å². The SMILES string of the molecule is C[C@@H](Oc1nc(-c2ccc(N3CCN(C4COC4)CC3)cc2)cc2ncn(C)c12)[C@@H]1CCOCNC1. The number of imidazole rings is 1. The van der Waals surface area contributed by atoms with Crippen molar-refractivity contribution in [2.75, 3.05) is 64.2 Å². The van der Waals surface area contributed by atoms with Gasteiger partial charge in [0.1, 0.15) is 11.6 Å². The van der Waals surface area contributed by atoms with Gasteiger partial charge in [0.05, 0.1) is 43.5 Å². The van der Waals surface area contributed by atoms with Gasteiger partial charge in [-0.05, 0) is 31.5 Å². The molecule has 0 radical (unpaired) electrons. The van der Waals surface area contributed by atoms with Crippen molar-refractivity contribution in [3.63, 3.8) is 0 Å². The van der Waals surface area contributed by atoms with Crippen molar-refractivity contribution in [3.05, 3.63) is 36.7 Å². The minimum Gasteiger partial charge on any atom is -0.473 e. The van der Waals surface area contributed by atoms with Crippen LogP contribution in [0.3, 0.4) is 0 Å². The van der Waals surface area contributed by atoms with Gasteiger partial charge in [0.2, 0.25) is 5.88 Å². The van der Waals surface area contributed by atoms with E-state index in [-0.39, 0.29) is 6.10 Å². The van der Waals surface area contributed by atoms with E-state index in [0.717, 1.165) is 81.3 Å². The van der Waals surface area contributed by atoms with Gasteiger partial charge in [-0.15, -0.1) is 0 Å². The molecule has 1 aromatic carbocycles. The number of anilines is 1. The lowest BCUT2D eigenvalue weighted by atomic mass is 10.0. The molecular formula is C27H36N6O3. The number of hydrogen-bond donors (Lipinski definition) is 1. The van der Waals surface area contributed by atoms with Gasteiger partial charge in [0.25, 0.3) is 0 Å². The van der Waals surface area contributed by atoms with Crippen LogP contribution in [-0.2, 0) is 16.5 Å². The van der Waals surface area contributed by atoms with Gasteiger partial charge >= 0.3 is 0 Å². The van der Waals surface area contributed by atoms with Crippen LogP contribution in [0.25, 0.3) is 22.3 Å². The Bertz CT molecular complexity index is 1160. The third-order valence-corrected chi connectivity index (χ3v) is 7.85. The second-order valence-electron chi connectivity index (χ2n) is 10.2. The lowest BCUT2D eigenvalue weighted by Gasteiger charge is -2.43. The molecule has 0 unspecified atom stereocenters. The van der Waals surface area contributed by atoms with Crippen molar-refractivity contribution < 1.29 is 14.2 Å². The molecule has 3 aromatic rings. The maximum Gasteiger partial charge on any atom is 0.241 e. The Hall–Kier alpha value is -2.72. The van der Waals surface area contributed by atoms with Crippen molar-refractivity contribution in [2.45, 2.75) is 25.5 Å². The van der Waals surface area contributed by atoms with Crippen LogP contribution in [0.1, 0.15) is 13.3 Å². The van der Waals surface area contributed by atoms with Crippen molar-refractivity contribution in [3.8, 4) is 17.1 Å². The monoisotopic (exact) mass is 492 g/mol. The summed E-state index contributed by atoms with van der Waals surface area (Å²) in [5.74, 6) is 0.998. The summed E-state index contributed by atoms with van der Waals surface area (Å²) >= 11 is 0. The van der Waals surface area contributed by atoms with E-state index < -0.39 is 0 Å². The highest BCUT2D eigenvalue weighted by Crippen LogP contribution is 2.31. The van der Waals surface area contributed by atoms with Crippen LogP contribution in [0.2, 0.25) is 0 Å². The standard InChI is InChI=1S/C27H36N6O3/c1-19(21-7-12-34-18-28-14-21)36-27-26-25(29-17-31(26)2)13-24(30-27)20-3-5-22(6-4-20)32-8-10-33(11-9-32)23-15-35-16-23/h3-6,13,17,19,21,23,28H,7-12,14-16,18H2,1-2H3/t19-,21-/m1/s1. The number of piperazine rings is 1. The molecule has 5 heterocycles. The Morgan fingerprint density at radius 1 is 1.08 bits per heavy atom. The molecule has 1 N–H and O–H groups in total. The number of aryl methyl sites for hydroxylation is 1. The zero-order chi connectivity index (χ0) is 24.5. The fraction of sp³-hybridized carbons (Fsp3) is 0.556. The molecule has 6 rings (SSSR count). The molecule has 0 aliphatic carbocycles. The molecule has 9 nitrogen and oxygen atoms in total. The Morgan fingerprint density at radius 2 is 1.89 bits per heavy atom. The van der Waals surface area contributed by atoms with Crippen molar-refractivity contribution in [1.82, 2.24) is 24.8 Å². The molecule has 0 amide bonds. The van der Waals surface area contributed by atoms with Gasteiger partial charge < -0.3 is 23.7 Å². The molecule has 2 aromatic heterocycles. The van der Waals surface area contributed by atoms with E-state index in [2.05, 4.69) is 57.4 Å². The van der Waals surface area contributed by atoms with Gasteiger partial charge in [-0.3, -0.25) is 10.2 Å². The van der Waals surface area contributed by atoms with Crippen LogP contribution in [0.4, 0.5) is 5.69 Å². The van der Waals surface area contributed by atoms with Crippen LogP contribution in [0.5, 0.6) is 5.88 Å². The summed E-state index contributed by atoms with van der Waals surface area (Å²) in [4.78, 5) is 14.6. The molecule has 0 saturated carbocycles. The first-order valence-corrected chi connectivity index (χ1v) is 13.1.